The van der Waals surface area contributed by atoms with Gasteiger partial charge in [-0.05, 0) is 12.8 Å². The van der Waals surface area contributed by atoms with E-state index in [1.165, 1.54) is 0 Å². The van der Waals surface area contributed by atoms with Crippen molar-refractivity contribution in [2.45, 2.75) is 43.5 Å². The molecule has 20 heavy (non-hydrogen) atoms. The fraction of sp³-hybridized carbons (Fsp3) is 0.750. The molecule has 1 rings (SSSR count). The van der Waals surface area contributed by atoms with Gasteiger partial charge < -0.3 is 35.0 Å². The molecule has 1 aliphatic rings. The molecule has 5 N–H and O–H groups in total. The molecule has 1 aliphatic heterocycles. The zero-order valence-corrected chi connectivity index (χ0v) is 10.9. The topological polar surface area (TPSA) is 137 Å². The quantitative estimate of drug-likeness (QED) is 0.274. The lowest BCUT2D eigenvalue weighted by atomic mass is 9.99. The van der Waals surface area contributed by atoms with Gasteiger partial charge in [0.25, 0.3) is 0 Å². The van der Waals surface area contributed by atoms with Crippen LogP contribution in [-0.4, -0.2) is 75.4 Å². The zero-order chi connectivity index (χ0) is 15.3. The number of carbonyl (C=O) groups is 1. The largest absolute Gasteiger partial charge is 0.478 e. The smallest absolute Gasteiger partial charge is 0.330 e. The first-order valence-electron chi connectivity index (χ1n) is 6.21. The molecule has 5 atom stereocenters. The summed E-state index contributed by atoms with van der Waals surface area (Å²) >= 11 is 0. The molecule has 8 heteroatoms. The number of rotatable bonds is 7. The van der Waals surface area contributed by atoms with Crippen LogP contribution in [-0.2, 0) is 14.3 Å². The maximum absolute atomic E-state index is 10.5. The minimum Gasteiger partial charge on any atom is -0.478 e. The summed E-state index contributed by atoms with van der Waals surface area (Å²) in [6.07, 6.45) is -6.01. The van der Waals surface area contributed by atoms with E-state index in [1.54, 1.807) is 0 Å². The third-order valence-corrected chi connectivity index (χ3v) is 3.06. The highest BCUT2D eigenvalue weighted by molar-refractivity contribution is 5.85. The van der Waals surface area contributed by atoms with Gasteiger partial charge in [-0.1, -0.05) is 6.58 Å². The number of hydrogen-bond acceptors (Lipinski definition) is 7. The van der Waals surface area contributed by atoms with Gasteiger partial charge in [0.2, 0.25) is 0 Å². The molecule has 0 aliphatic carbocycles. The standard InChI is InChI=1S/C12H20O8/c1-6(11(17)18)3-2-4-19-12-10(16)9(15)8(14)7(5-13)20-12/h7-10,12-16H,1-5H2,(H,17,18)/t7-,8-,9+,10-,12?/m1/s1. The van der Waals surface area contributed by atoms with E-state index in [-0.39, 0.29) is 18.6 Å². The Bertz CT molecular complexity index is 342. The second-order valence-electron chi connectivity index (χ2n) is 4.58. The number of aliphatic hydroxyl groups excluding tert-OH is 4. The molecule has 0 amide bonds. The molecule has 0 bridgehead atoms. The summed E-state index contributed by atoms with van der Waals surface area (Å²) < 4.78 is 10.3. The second-order valence-corrected chi connectivity index (χ2v) is 4.58. The molecule has 1 heterocycles. The first-order valence-corrected chi connectivity index (χ1v) is 6.21. The van der Waals surface area contributed by atoms with Crippen LogP contribution >= 0.6 is 0 Å². The Labute approximate surface area is 115 Å². The molecule has 116 valence electrons. The number of carboxylic acid groups (broad SMARTS) is 1. The van der Waals surface area contributed by atoms with Crippen LogP contribution in [0.4, 0.5) is 0 Å². The van der Waals surface area contributed by atoms with E-state index < -0.39 is 43.3 Å². The first kappa shape index (κ1) is 17.0. The second kappa shape index (κ2) is 7.67. The van der Waals surface area contributed by atoms with E-state index in [0.717, 1.165) is 0 Å². The molecule has 1 fully saturated rings. The van der Waals surface area contributed by atoms with Crippen molar-refractivity contribution in [2.75, 3.05) is 13.2 Å². The summed E-state index contributed by atoms with van der Waals surface area (Å²) in [5.74, 6) is -1.09. The van der Waals surface area contributed by atoms with E-state index in [9.17, 15) is 20.1 Å². The highest BCUT2D eigenvalue weighted by atomic mass is 16.7. The number of carboxylic acids is 1. The minimum atomic E-state index is -1.49. The fourth-order valence-corrected chi connectivity index (χ4v) is 1.80. The predicted octanol–water partition coefficient (Wildman–Crippen LogP) is -1.78. The molecule has 0 radical (unpaired) electrons. The van der Waals surface area contributed by atoms with Crippen LogP contribution in [0.25, 0.3) is 0 Å². The Morgan fingerprint density at radius 2 is 1.85 bits per heavy atom. The number of ether oxygens (including phenoxy) is 2. The number of hydrogen-bond donors (Lipinski definition) is 5. The van der Waals surface area contributed by atoms with E-state index in [2.05, 4.69) is 6.58 Å². The minimum absolute atomic E-state index is 0.0439. The Hall–Kier alpha value is -1.03. The van der Waals surface area contributed by atoms with E-state index in [0.29, 0.717) is 6.42 Å². The van der Waals surface area contributed by atoms with Crippen molar-refractivity contribution in [3.8, 4) is 0 Å². The average molecular weight is 292 g/mol. The summed E-state index contributed by atoms with van der Waals surface area (Å²) in [5.41, 5.74) is 0.0439. The zero-order valence-electron chi connectivity index (χ0n) is 10.9. The molecule has 0 aromatic carbocycles. The van der Waals surface area contributed by atoms with Gasteiger partial charge in [-0.25, -0.2) is 4.79 Å². The highest BCUT2D eigenvalue weighted by Gasteiger charge is 2.43. The fourth-order valence-electron chi connectivity index (χ4n) is 1.80. The van der Waals surface area contributed by atoms with Gasteiger partial charge in [0.05, 0.1) is 13.2 Å². The molecule has 0 aromatic heterocycles. The molecule has 1 saturated heterocycles. The van der Waals surface area contributed by atoms with Crippen LogP contribution in [0, 0.1) is 0 Å². The van der Waals surface area contributed by atoms with Crippen molar-refractivity contribution in [2.24, 2.45) is 0 Å². The van der Waals surface area contributed by atoms with Gasteiger partial charge in [0, 0.05) is 5.57 Å². The molecular weight excluding hydrogens is 272 g/mol. The van der Waals surface area contributed by atoms with Crippen LogP contribution in [0.15, 0.2) is 12.2 Å². The van der Waals surface area contributed by atoms with Crippen LogP contribution in [0.3, 0.4) is 0 Å². The highest BCUT2D eigenvalue weighted by Crippen LogP contribution is 2.22. The first-order chi connectivity index (χ1) is 9.38. The maximum Gasteiger partial charge on any atom is 0.330 e. The van der Waals surface area contributed by atoms with Crippen molar-refractivity contribution >= 4 is 5.97 Å². The maximum atomic E-state index is 10.5. The van der Waals surface area contributed by atoms with Gasteiger partial charge in [-0.2, -0.15) is 0 Å². The monoisotopic (exact) mass is 292 g/mol. The lowest BCUT2D eigenvalue weighted by molar-refractivity contribution is -0.301. The normalized spacial score (nSPS) is 33.9. The van der Waals surface area contributed by atoms with Crippen LogP contribution < -0.4 is 0 Å². The molecule has 0 spiro atoms. The van der Waals surface area contributed by atoms with Crippen LogP contribution in [0.2, 0.25) is 0 Å². The SMILES string of the molecule is C=C(CCCOC1O[C@H](CO)[C@@H](O)[C@H](O)[C@H]1O)C(=O)O. The van der Waals surface area contributed by atoms with E-state index in [4.69, 9.17) is 19.7 Å². The Morgan fingerprint density at radius 1 is 1.20 bits per heavy atom. The summed E-state index contributed by atoms with van der Waals surface area (Å²) in [5, 5.41) is 46.3. The summed E-state index contributed by atoms with van der Waals surface area (Å²) in [4.78, 5) is 10.5. The lowest BCUT2D eigenvalue weighted by Gasteiger charge is -2.39. The van der Waals surface area contributed by atoms with Crippen molar-refractivity contribution < 1.29 is 39.8 Å². The molecule has 8 nitrogen and oxygen atoms in total. The van der Waals surface area contributed by atoms with Gasteiger partial charge in [0.1, 0.15) is 24.4 Å². The predicted molar refractivity (Wildman–Crippen MR) is 65.7 cm³/mol. The van der Waals surface area contributed by atoms with Gasteiger partial charge >= 0.3 is 5.97 Å². The third-order valence-electron chi connectivity index (χ3n) is 3.06. The Kier molecular flexibility index (Phi) is 6.53. The van der Waals surface area contributed by atoms with Crippen molar-refractivity contribution in [3.63, 3.8) is 0 Å². The Morgan fingerprint density at radius 3 is 2.40 bits per heavy atom. The summed E-state index contributed by atoms with van der Waals surface area (Å²) in [7, 11) is 0. The third kappa shape index (κ3) is 4.23. The van der Waals surface area contributed by atoms with Crippen LogP contribution in [0.5, 0.6) is 0 Å². The molecule has 1 unspecified atom stereocenters. The van der Waals surface area contributed by atoms with E-state index in [1.807, 2.05) is 0 Å². The Balaban J connectivity index is 2.39. The van der Waals surface area contributed by atoms with Gasteiger partial charge in [-0.3, -0.25) is 0 Å². The molecule has 0 aromatic rings. The average Bonchev–Trinajstić information content (AvgIpc) is 2.42. The van der Waals surface area contributed by atoms with Gasteiger partial charge in [-0.15, -0.1) is 0 Å². The van der Waals surface area contributed by atoms with E-state index >= 15 is 0 Å². The van der Waals surface area contributed by atoms with Crippen LogP contribution in [0.1, 0.15) is 12.8 Å². The summed E-state index contributed by atoms with van der Waals surface area (Å²) in [6, 6.07) is 0. The summed E-state index contributed by atoms with van der Waals surface area (Å²) in [6.45, 7) is 2.91. The number of aliphatic hydroxyl groups is 4. The molecule has 0 saturated carbocycles. The van der Waals surface area contributed by atoms with Crippen molar-refractivity contribution in [1.82, 2.24) is 0 Å². The molecular formula is C12H20O8. The van der Waals surface area contributed by atoms with Crippen molar-refractivity contribution in [1.29, 1.82) is 0 Å². The number of aliphatic carboxylic acids is 1. The van der Waals surface area contributed by atoms with Gasteiger partial charge in [0.15, 0.2) is 6.29 Å². The van der Waals surface area contributed by atoms with Crippen molar-refractivity contribution in [3.05, 3.63) is 12.2 Å². The lowest BCUT2D eigenvalue weighted by Crippen LogP contribution is -2.59.